The van der Waals surface area contributed by atoms with Crippen LogP contribution in [0.15, 0.2) is 17.6 Å². The van der Waals surface area contributed by atoms with E-state index >= 15 is 0 Å². The molecule has 1 heterocycles. The molecule has 1 aromatic rings. The van der Waals surface area contributed by atoms with E-state index in [1.54, 1.807) is 12.4 Å². The van der Waals surface area contributed by atoms with Crippen LogP contribution in [-0.2, 0) is 9.53 Å². The van der Waals surface area contributed by atoms with Gasteiger partial charge >= 0.3 is 5.97 Å². The monoisotopic (exact) mass is 257 g/mol. The number of thioether (sulfide) groups is 1. The van der Waals surface area contributed by atoms with Gasteiger partial charge in [0.15, 0.2) is 5.16 Å². The number of carbonyl (C=O) groups is 1. The van der Waals surface area contributed by atoms with E-state index in [0.29, 0.717) is 12.4 Å². The Morgan fingerprint density at radius 1 is 1.65 bits per heavy atom. The quantitative estimate of drug-likeness (QED) is 0.571. The zero-order valence-electron chi connectivity index (χ0n) is 10.4. The van der Waals surface area contributed by atoms with Gasteiger partial charge in [-0.25, -0.2) is 4.98 Å². The fourth-order valence-electron chi connectivity index (χ4n) is 1.32. The molecule has 1 unspecified atom stereocenters. The third-order valence-corrected chi connectivity index (χ3v) is 2.96. The van der Waals surface area contributed by atoms with Crippen molar-refractivity contribution in [3.63, 3.8) is 0 Å². The van der Waals surface area contributed by atoms with Crippen LogP contribution < -0.4 is 5.32 Å². The SMILES string of the molecule is CCOC(=O)C(CSc1ncc[nH]1)NC(C)C. The Kier molecular flexibility index (Phi) is 6.07. The Morgan fingerprint density at radius 3 is 2.94 bits per heavy atom. The number of H-pyrrole nitrogens is 1. The van der Waals surface area contributed by atoms with Gasteiger partial charge in [-0.05, 0) is 6.92 Å². The average Bonchev–Trinajstić information content (AvgIpc) is 2.76. The van der Waals surface area contributed by atoms with Crippen LogP contribution in [0.3, 0.4) is 0 Å². The van der Waals surface area contributed by atoms with Gasteiger partial charge in [0.1, 0.15) is 6.04 Å². The highest BCUT2D eigenvalue weighted by atomic mass is 32.2. The molecule has 0 aromatic carbocycles. The molecule has 0 bridgehead atoms. The Labute approximate surface area is 106 Å². The van der Waals surface area contributed by atoms with Crippen LogP contribution in [0.4, 0.5) is 0 Å². The largest absolute Gasteiger partial charge is 0.465 e. The van der Waals surface area contributed by atoms with Gasteiger partial charge in [0.25, 0.3) is 0 Å². The molecule has 96 valence electrons. The number of rotatable bonds is 7. The highest BCUT2D eigenvalue weighted by Crippen LogP contribution is 2.13. The summed E-state index contributed by atoms with van der Waals surface area (Å²) in [7, 11) is 0. The number of carbonyl (C=O) groups excluding carboxylic acids is 1. The fraction of sp³-hybridized carbons (Fsp3) is 0.636. The molecule has 0 saturated heterocycles. The van der Waals surface area contributed by atoms with E-state index in [1.807, 2.05) is 20.8 Å². The lowest BCUT2D eigenvalue weighted by molar-refractivity contribution is -0.145. The van der Waals surface area contributed by atoms with Crippen LogP contribution in [0.5, 0.6) is 0 Å². The number of hydrogen-bond donors (Lipinski definition) is 2. The van der Waals surface area contributed by atoms with Gasteiger partial charge < -0.3 is 15.0 Å². The fourth-order valence-corrected chi connectivity index (χ4v) is 2.17. The molecule has 1 aromatic heterocycles. The molecule has 0 saturated carbocycles. The number of imidazole rings is 1. The Balaban J connectivity index is 2.48. The first-order valence-corrected chi connectivity index (χ1v) is 6.67. The zero-order chi connectivity index (χ0) is 12.7. The van der Waals surface area contributed by atoms with Crippen molar-refractivity contribution in [2.75, 3.05) is 12.4 Å². The zero-order valence-corrected chi connectivity index (χ0v) is 11.2. The van der Waals surface area contributed by atoms with Gasteiger partial charge in [-0.2, -0.15) is 0 Å². The molecule has 1 rings (SSSR count). The third-order valence-electron chi connectivity index (χ3n) is 1.97. The van der Waals surface area contributed by atoms with E-state index in [-0.39, 0.29) is 18.1 Å². The second-order valence-corrected chi connectivity index (χ2v) is 4.84. The van der Waals surface area contributed by atoms with Gasteiger partial charge in [0, 0.05) is 24.2 Å². The first-order chi connectivity index (χ1) is 8.13. The van der Waals surface area contributed by atoms with Gasteiger partial charge in [-0.3, -0.25) is 4.79 Å². The van der Waals surface area contributed by atoms with Gasteiger partial charge in [-0.1, -0.05) is 25.6 Å². The Morgan fingerprint density at radius 2 is 2.41 bits per heavy atom. The predicted octanol–water partition coefficient (Wildman–Crippen LogP) is 1.43. The second kappa shape index (κ2) is 7.34. The van der Waals surface area contributed by atoms with Gasteiger partial charge in [-0.15, -0.1) is 0 Å². The lowest BCUT2D eigenvalue weighted by atomic mass is 10.3. The number of nitrogens with zero attached hydrogens (tertiary/aromatic N) is 1. The number of aromatic amines is 1. The van der Waals surface area contributed by atoms with Crippen molar-refractivity contribution < 1.29 is 9.53 Å². The van der Waals surface area contributed by atoms with Crippen molar-refractivity contribution in [2.45, 2.75) is 38.0 Å². The number of hydrogen-bond acceptors (Lipinski definition) is 5. The number of ether oxygens (including phenoxy) is 1. The first kappa shape index (κ1) is 14.1. The van der Waals surface area contributed by atoms with Crippen LogP contribution >= 0.6 is 11.8 Å². The summed E-state index contributed by atoms with van der Waals surface area (Å²) in [5, 5.41) is 4.00. The lowest BCUT2D eigenvalue weighted by Crippen LogP contribution is -2.43. The van der Waals surface area contributed by atoms with E-state index in [1.165, 1.54) is 11.8 Å². The van der Waals surface area contributed by atoms with E-state index in [0.717, 1.165) is 5.16 Å². The minimum atomic E-state index is -0.301. The molecular weight excluding hydrogens is 238 g/mol. The summed E-state index contributed by atoms with van der Waals surface area (Å²) in [6.45, 7) is 6.22. The molecule has 6 heteroatoms. The van der Waals surface area contributed by atoms with Crippen LogP contribution in [0.2, 0.25) is 0 Å². The summed E-state index contributed by atoms with van der Waals surface area (Å²) in [5.41, 5.74) is 0. The average molecular weight is 257 g/mol. The minimum Gasteiger partial charge on any atom is -0.465 e. The molecule has 17 heavy (non-hydrogen) atoms. The second-order valence-electron chi connectivity index (χ2n) is 3.83. The van der Waals surface area contributed by atoms with Gasteiger partial charge in [0.05, 0.1) is 6.61 Å². The predicted molar refractivity (Wildman–Crippen MR) is 68.0 cm³/mol. The topological polar surface area (TPSA) is 67.0 Å². The molecular formula is C11H19N3O2S. The minimum absolute atomic E-state index is 0.208. The molecule has 1 atom stereocenters. The molecule has 0 spiro atoms. The molecule has 5 nitrogen and oxygen atoms in total. The van der Waals surface area contributed by atoms with Crippen molar-refractivity contribution in [1.29, 1.82) is 0 Å². The van der Waals surface area contributed by atoms with E-state index in [4.69, 9.17) is 4.74 Å². The highest BCUT2D eigenvalue weighted by Gasteiger charge is 2.20. The third kappa shape index (κ3) is 5.23. The molecule has 0 aliphatic carbocycles. The summed E-state index contributed by atoms with van der Waals surface area (Å²) in [6, 6.07) is -0.0633. The molecule has 0 radical (unpaired) electrons. The maximum Gasteiger partial charge on any atom is 0.324 e. The Bertz CT molecular complexity index is 327. The van der Waals surface area contributed by atoms with Gasteiger partial charge in [0.2, 0.25) is 0 Å². The maximum atomic E-state index is 11.7. The summed E-state index contributed by atoms with van der Waals surface area (Å²) >= 11 is 1.50. The van der Waals surface area contributed by atoms with Crippen molar-refractivity contribution in [3.05, 3.63) is 12.4 Å². The van der Waals surface area contributed by atoms with E-state index in [9.17, 15) is 4.79 Å². The van der Waals surface area contributed by atoms with Crippen molar-refractivity contribution in [2.24, 2.45) is 0 Å². The van der Waals surface area contributed by atoms with Crippen LogP contribution in [0.25, 0.3) is 0 Å². The standard InChI is InChI=1S/C11H19N3O2S/c1-4-16-10(15)9(14-8(2)3)7-17-11-12-5-6-13-11/h5-6,8-9,14H,4,7H2,1-3H3,(H,12,13). The van der Waals surface area contributed by atoms with Crippen molar-refractivity contribution >= 4 is 17.7 Å². The number of nitrogens with one attached hydrogen (secondary N) is 2. The summed E-state index contributed by atoms with van der Waals surface area (Å²) in [4.78, 5) is 18.8. The van der Waals surface area contributed by atoms with Crippen LogP contribution in [-0.4, -0.2) is 40.4 Å². The number of esters is 1. The van der Waals surface area contributed by atoms with Crippen LogP contribution in [0, 0.1) is 0 Å². The summed E-state index contributed by atoms with van der Waals surface area (Å²) in [5.74, 6) is 0.394. The maximum absolute atomic E-state index is 11.7. The molecule has 0 aliphatic rings. The first-order valence-electron chi connectivity index (χ1n) is 5.68. The number of aromatic nitrogens is 2. The molecule has 0 fully saturated rings. The van der Waals surface area contributed by atoms with E-state index in [2.05, 4.69) is 15.3 Å². The Hall–Kier alpha value is -1.01. The van der Waals surface area contributed by atoms with Crippen molar-refractivity contribution in [3.8, 4) is 0 Å². The highest BCUT2D eigenvalue weighted by molar-refractivity contribution is 7.99. The normalized spacial score (nSPS) is 12.7. The summed E-state index contributed by atoms with van der Waals surface area (Å²) < 4.78 is 5.03. The van der Waals surface area contributed by atoms with Crippen molar-refractivity contribution in [1.82, 2.24) is 15.3 Å². The molecule has 0 amide bonds. The molecule has 0 aliphatic heterocycles. The lowest BCUT2D eigenvalue weighted by Gasteiger charge is -2.18. The van der Waals surface area contributed by atoms with E-state index < -0.39 is 0 Å². The smallest absolute Gasteiger partial charge is 0.324 e. The molecule has 2 N–H and O–H groups in total. The summed E-state index contributed by atoms with van der Waals surface area (Å²) in [6.07, 6.45) is 3.45. The van der Waals surface area contributed by atoms with Crippen LogP contribution in [0.1, 0.15) is 20.8 Å².